The summed E-state index contributed by atoms with van der Waals surface area (Å²) in [5.74, 6) is 0. The van der Waals surface area contributed by atoms with Crippen LogP contribution in [0.1, 0.15) is 40.5 Å². The lowest BCUT2D eigenvalue weighted by atomic mass is 9.98. The molecular formula is C9H18ClN2O2P. The smallest absolute Gasteiger partial charge is 0.322 e. The van der Waals surface area contributed by atoms with Crippen LogP contribution in [0.3, 0.4) is 0 Å². The second kappa shape index (κ2) is 5.32. The summed E-state index contributed by atoms with van der Waals surface area (Å²) in [5, 5.41) is 8.52. The molecule has 0 heterocycles. The molecule has 0 aliphatic heterocycles. The maximum absolute atomic E-state index is 11.5. The largest absolute Gasteiger partial charge is 0.361 e. The van der Waals surface area contributed by atoms with Crippen LogP contribution >= 0.6 is 18.1 Å². The molecule has 0 aliphatic rings. The van der Waals surface area contributed by atoms with Crippen LogP contribution in [0.5, 0.6) is 0 Å². The molecule has 0 saturated carbocycles. The van der Waals surface area contributed by atoms with Gasteiger partial charge in [0.05, 0.1) is 6.07 Å². The summed E-state index contributed by atoms with van der Waals surface area (Å²) in [5.41, 5.74) is -0.560. The highest BCUT2D eigenvalue weighted by atomic mass is 35.7. The van der Waals surface area contributed by atoms with Gasteiger partial charge in [0, 0.05) is 18.0 Å². The number of halogens is 1. The van der Waals surface area contributed by atoms with Gasteiger partial charge in [0.1, 0.15) is 0 Å². The second-order valence-corrected chi connectivity index (χ2v) is 7.08. The highest BCUT2D eigenvalue weighted by Crippen LogP contribution is 2.56. The molecular weight excluding hydrogens is 235 g/mol. The van der Waals surface area contributed by atoms with Crippen LogP contribution < -0.4 is 0 Å². The minimum absolute atomic E-state index is 0.146. The van der Waals surface area contributed by atoms with Gasteiger partial charge in [0.15, 0.2) is 0 Å². The average Bonchev–Trinajstić information content (AvgIpc) is 1.96. The van der Waals surface area contributed by atoms with Gasteiger partial charge in [-0.15, -0.1) is 0 Å². The first-order chi connectivity index (χ1) is 6.63. The van der Waals surface area contributed by atoms with Crippen LogP contribution in [0.2, 0.25) is 0 Å². The Hall–Kier alpha value is -0.0700. The lowest BCUT2D eigenvalue weighted by molar-refractivity contribution is 0.164. The van der Waals surface area contributed by atoms with Crippen molar-refractivity contribution in [1.29, 1.82) is 5.26 Å². The Bertz CT molecular complexity index is 293. The number of nitriles is 1. The quantitative estimate of drug-likeness (QED) is 0.764. The Kier molecular flexibility index (Phi) is 5.29. The van der Waals surface area contributed by atoms with E-state index in [1.165, 1.54) is 4.67 Å². The predicted octanol–water partition coefficient (Wildman–Crippen LogP) is 3.12. The highest BCUT2D eigenvalue weighted by molar-refractivity contribution is 7.82. The molecule has 0 amide bonds. The van der Waals surface area contributed by atoms with Gasteiger partial charge in [-0.05, 0) is 45.4 Å². The Morgan fingerprint density at radius 1 is 1.60 bits per heavy atom. The first kappa shape index (κ1) is 14.9. The third-order valence-electron chi connectivity index (χ3n) is 2.22. The Morgan fingerprint density at radius 3 is 2.33 bits per heavy atom. The van der Waals surface area contributed by atoms with Crippen LogP contribution in [-0.4, -0.2) is 21.1 Å². The third kappa shape index (κ3) is 4.53. The minimum Gasteiger partial charge on any atom is -0.322 e. The van der Waals surface area contributed by atoms with Gasteiger partial charge in [-0.25, -0.2) is 4.67 Å². The molecule has 6 heteroatoms. The fourth-order valence-corrected chi connectivity index (χ4v) is 4.27. The molecule has 0 aromatic rings. The van der Waals surface area contributed by atoms with E-state index in [0.717, 1.165) is 0 Å². The van der Waals surface area contributed by atoms with Crippen molar-refractivity contribution < 1.29 is 9.46 Å². The first-order valence-electron chi connectivity index (χ1n) is 4.82. The molecule has 4 nitrogen and oxygen atoms in total. The van der Waals surface area contributed by atoms with E-state index in [1.54, 1.807) is 13.8 Å². The van der Waals surface area contributed by atoms with Crippen molar-refractivity contribution >= 4 is 18.1 Å². The molecule has 1 N–H and O–H groups in total. The molecule has 1 unspecified atom stereocenters. The fourth-order valence-electron chi connectivity index (χ4n) is 1.79. The Balaban J connectivity index is 4.93. The number of nitrogens with zero attached hydrogens (tertiary/aromatic N) is 2. The summed E-state index contributed by atoms with van der Waals surface area (Å²) in [6, 6.07) is 1.88. The van der Waals surface area contributed by atoms with Crippen LogP contribution in [0, 0.1) is 11.3 Å². The van der Waals surface area contributed by atoms with E-state index >= 15 is 0 Å². The van der Waals surface area contributed by atoms with Crippen molar-refractivity contribution in [2.75, 3.05) is 0 Å². The van der Waals surface area contributed by atoms with Crippen molar-refractivity contribution in [3.05, 3.63) is 0 Å². The minimum atomic E-state index is -3.80. The van der Waals surface area contributed by atoms with E-state index in [9.17, 15) is 9.46 Å². The molecule has 1 atom stereocenters. The van der Waals surface area contributed by atoms with Crippen LogP contribution in [0.15, 0.2) is 0 Å². The topological polar surface area (TPSA) is 64.3 Å². The summed E-state index contributed by atoms with van der Waals surface area (Å²) >= 11 is 5.51. The lowest BCUT2D eigenvalue weighted by Gasteiger charge is -2.40. The van der Waals surface area contributed by atoms with Gasteiger partial charge in [0.2, 0.25) is 0 Å². The molecule has 0 spiro atoms. The van der Waals surface area contributed by atoms with Gasteiger partial charge >= 0.3 is 6.87 Å². The van der Waals surface area contributed by atoms with Crippen molar-refractivity contribution in [3.8, 4) is 6.07 Å². The summed E-state index contributed by atoms with van der Waals surface area (Å²) in [6.07, 6.45) is 0.853. The van der Waals surface area contributed by atoms with Gasteiger partial charge < -0.3 is 4.89 Å². The number of rotatable bonds is 5. The van der Waals surface area contributed by atoms with Crippen molar-refractivity contribution in [2.45, 2.75) is 52.1 Å². The van der Waals surface area contributed by atoms with Gasteiger partial charge in [-0.1, -0.05) is 0 Å². The fraction of sp³-hybridized carbons (Fsp3) is 0.889. The van der Waals surface area contributed by atoms with E-state index < -0.39 is 12.4 Å². The second-order valence-electron chi connectivity index (χ2n) is 4.38. The summed E-state index contributed by atoms with van der Waals surface area (Å²) in [4.78, 5) is 9.45. The molecule has 0 aromatic carbocycles. The van der Waals surface area contributed by atoms with E-state index in [0.29, 0.717) is 12.8 Å². The monoisotopic (exact) mass is 252 g/mol. The molecule has 0 fully saturated rings. The van der Waals surface area contributed by atoms with E-state index in [2.05, 4.69) is 0 Å². The summed E-state index contributed by atoms with van der Waals surface area (Å²) in [6.45, 7) is 3.44. The molecule has 0 rings (SSSR count). The number of hydrogen-bond acceptors (Lipinski definition) is 2. The standard InChI is InChI=1S/C9H18ClN2O2P/c1-8(2)12(15(10,13)14)9(3,4)6-5-7-11/h8H,5-6H2,1-4H3,(H,13,14). The van der Waals surface area contributed by atoms with Gasteiger partial charge in [-0.3, -0.25) is 4.57 Å². The maximum Gasteiger partial charge on any atom is 0.361 e. The Morgan fingerprint density at radius 2 is 2.07 bits per heavy atom. The van der Waals surface area contributed by atoms with Crippen LogP contribution in [-0.2, 0) is 4.57 Å². The maximum atomic E-state index is 11.5. The highest BCUT2D eigenvalue weighted by Gasteiger charge is 2.39. The van der Waals surface area contributed by atoms with Crippen molar-refractivity contribution in [1.82, 2.24) is 4.67 Å². The van der Waals surface area contributed by atoms with E-state index in [-0.39, 0.29) is 6.04 Å². The van der Waals surface area contributed by atoms with Crippen molar-refractivity contribution in [2.24, 2.45) is 0 Å². The normalized spacial score (nSPS) is 16.5. The molecule has 0 aliphatic carbocycles. The average molecular weight is 253 g/mol. The molecule has 0 bridgehead atoms. The van der Waals surface area contributed by atoms with E-state index in [1.807, 2.05) is 19.9 Å². The zero-order valence-corrected chi connectivity index (χ0v) is 11.2. The first-order valence-corrected chi connectivity index (χ1v) is 7.34. The van der Waals surface area contributed by atoms with Gasteiger partial charge in [-0.2, -0.15) is 5.26 Å². The SMILES string of the molecule is CC(C)N(C(C)(C)CCC#N)P(=O)(O)Cl. The van der Waals surface area contributed by atoms with Crippen LogP contribution in [0.25, 0.3) is 0 Å². The molecule has 0 aromatic heterocycles. The van der Waals surface area contributed by atoms with Crippen molar-refractivity contribution in [3.63, 3.8) is 0 Å². The predicted molar refractivity (Wildman–Crippen MR) is 61.6 cm³/mol. The number of hydrogen-bond donors (Lipinski definition) is 1. The molecule has 0 saturated heterocycles. The van der Waals surface area contributed by atoms with Gasteiger partial charge in [0.25, 0.3) is 0 Å². The lowest BCUT2D eigenvalue weighted by Crippen LogP contribution is -2.44. The van der Waals surface area contributed by atoms with Crippen LogP contribution in [0.4, 0.5) is 0 Å². The summed E-state index contributed by atoms with van der Waals surface area (Å²) in [7, 11) is 0. The zero-order chi connectivity index (χ0) is 12.3. The Labute approximate surface area is 96.1 Å². The molecule has 15 heavy (non-hydrogen) atoms. The summed E-state index contributed by atoms with van der Waals surface area (Å²) < 4.78 is 12.9. The van der Waals surface area contributed by atoms with E-state index in [4.69, 9.17) is 16.5 Å². The molecule has 0 radical (unpaired) electrons. The molecule has 88 valence electrons. The third-order valence-corrected chi connectivity index (χ3v) is 4.25. The zero-order valence-electron chi connectivity index (χ0n) is 9.57.